The smallest absolute Gasteiger partial charge is 0.205 e. The van der Waals surface area contributed by atoms with Gasteiger partial charge in [-0.1, -0.05) is 339 Å². The third-order valence-electron chi connectivity index (χ3n) is 2.77. The zero-order chi connectivity index (χ0) is 22.0. The van der Waals surface area contributed by atoms with Gasteiger partial charge in [0.05, 0.1) is 0 Å². The van der Waals surface area contributed by atoms with Crippen LogP contribution < -0.4 is 0 Å². The number of halogens is 17. The Bertz CT molecular complexity index is 520. The largest absolute Gasteiger partial charge is 0.222 e. The lowest BCUT2D eigenvalue weighted by molar-refractivity contribution is 0.131. The maximum absolute atomic E-state index is 13.8. The Hall–Kier alpha value is 12.4. The second kappa shape index (κ2) is 13.6. The van der Waals surface area contributed by atoms with Gasteiger partial charge in [-0.05, 0) is 45.2 Å². The fourth-order valence-corrected chi connectivity index (χ4v) is 26.5. The molecule has 0 aliphatic carbocycles. The molecular formula is C8I17O. The molecule has 0 saturated carbocycles. The van der Waals surface area contributed by atoms with Crippen LogP contribution in [-0.2, 0) is 5.11 Å². The van der Waals surface area contributed by atoms with Gasteiger partial charge in [0.1, 0.15) is 8.01 Å². The van der Waals surface area contributed by atoms with Gasteiger partial charge in [-0.2, -0.15) is 0 Å². The van der Waals surface area contributed by atoms with Crippen molar-refractivity contribution in [2.24, 2.45) is 0 Å². The molecule has 0 spiro atoms. The summed E-state index contributed by atoms with van der Waals surface area (Å²) in [5, 5.41) is 13.8. The van der Waals surface area contributed by atoms with Crippen LogP contribution in [0, 0.1) is 0 Å². The van der Waals surface area contributed by atoms with E-state index in [0.29, 0.717) is 0 Å². The van der Waals surface area contributed by atoms with E-state index in [9.17, 15) is 5.11 Å². The van der Waals surface area contributed by atoms with Gasteiger partial charge in [-0.25, -0.2) is 5.11 Å². The molecule has 0 aromatic carbocycles. The van der Waals surface area contributed by atoms with Crippen LogP contribution in [-0.4, -0.2) is 9.62 Å². The first kappa shape index (κ1) is 38.4. The second-order valence-electron chi connectivity index (χ2n) is 4.47. The molecule has 0 bridgehead atoms. The van der Waals surface area contributed by atoms with Crippen LogP contribution in [0.25, 0.3) is 0 Å². The van der Waals surface area contributed by atoms with Gasteiger partial charge in [-0.15, -0.1) is 0 Å². The molecule has 0 amide bonds. The normalized spacial score (nSPS) is 18.7. The number of alkyl halides is 17. The van der Waals surface area contributed by atoms with Crippen molar-refractivity contribution in [1.29, 1.82) is 0 Å². The van der Waals surface area contributed by atoms with E-state index in [1.165, 1.54) is 0 Å². The molecule has 1 nitrogen and oxygen atoms in total. The maximum atomic E-state index is 13.8. The van der Waals surface area contributed by atoms with Crippen LogP contribution in [0.4, 0.5) is 0 Å². The fraction of sp³-hybridized carbons (Fsp3) is 1.00. The molecular weight excluding hydrogens is 2270 g/mol. The van der Waals surface area contributed by atoms with Crippen LogP contribution in [0.1, 0.15) is 0 Å². The van der Waals surface area contributed by atoms with Crippen molar-refractivity contribution in [3.05, 3.63) is 0 Å². The summed E-state index contributed by atoms with van der Waals surface area (Å²) in [6.07, 6.45) is 0. The van der Waals surface area contributed by atoms with Crippen molar-refractivity contribution in [3.63, 3.8) is 0 Å². The summed E-state index contributed by atoms with van der Waals surface area (Å²) in [5.41, 5.74) is 0. The first-order valence-electron chi connectivity index (χ1n) is 5.17. The lowest BCUT2D eigenvalue weighted by atomic mass is 9.99. The predicted molar refractivity (Wildman–Crippen MR) is 261 cm³/mol. The molecule has 157 valence electrons. The molecule has 0 aromatic rings. The van der Waals surface area contributed by atoms with Crippen molar-refractivity contribution in [2.75, 3.05) is 0 Å². The summed E-state index contributed by atoms with van der Waals surface area (Å²) in [5.74, 6) is 0. The molecule has 0 N–H and O–H groups in total. The van der Waals surface area contributed by atoms with E-state index in [1.807, 2.05) is 0 Å². The zero-order valence-electron chi connectivity index (χ0n) is 10.8. The van der Waals surface area contributed by atoms with E-state index in [4.69, 9.17) is 0 Å². The molecule has 0 aliphatic rings. The summed E-state index contributed by atoms with van der Waals surface area (Å²) < 4.78 is -3.03. The van der Waals surface area contributed by atoms with Gasteiger partial charge in [0.25, 0.3) is 0 Å². The Morgan fingerprint density at radius 3 is 0.808 bits per heavy atom. The van der Waals surface area contributed by atoms with Crippen molar-refractivity contribution < 1.29 is 5.11 Å². The van der Waals surface area contributed by atoms with E-state index in [2.05, 4.69) is 384 Å². The topological polar surface area (TPSA) is 19.9 Å². The van der Waals surface area contributed by atoms with Crippen LogP contribution in [0.15, 0.2) is 0 Å². The number of hydrogen-bond acceptors (Lipinski definition) is 0. The van der Waals surface area contributed by atoms with Gasteiger partial charge in [0.2, 0.25) is 1.61 Å². The fourth-order valence-electron chi connectivity index (χ4n) is 1.35. The first-order valence-corrected chi connectivity index (χ1v) is 23.5. The van der Waals surface area contributed by atoms with Gasteiger partial charge < -0.3 is 0 Å². The Labute approximate surface area is 386 Å². The summed E-state index contributed by atoms with van der Waals surface area (Å²) in [6, 6.07) is 0. The minimum atomic E-state index is -1.21. The highest BCUT2D eigenvalue weighted by molar-refractivity contribution is 14.3. The highest BCUT2D eigenvalue weighted by Gasteiger charge is 2.80. The summed E-state index contributed by atoms with van der Waals surface area (Å²) in [6.45, 7) is 0. The SMILES string of the molecule is [O]C(I)(I)C(I)(C(I)(I)C(I)(I)I)C(I)(I)C(I)(I)C(I)(I)C(I)(I)I. The number of rotatable bonds is 7. The first-order chi connectivity index (χ1) is 10.8. The summed E-state index contributed by atoms with van der Waals surface area (Å²) in [4.78, 5) is 0. The van der Waals surface area contributed by atoms with Gasteiger partial charge in [0, 0.05) is 0 Å². The van der Waals surface area contributed by atoms with E-state index < -0.39 is 5.04 Å². The highest BCUT2D eigenvalue weighted by Crippen LogP contribution is 2.79. The standard InChI is InChI=1S/C8I17O/c9-1(8(24,25)26,3(12,13)6(18,19)20)2(10,11)4(14,15)5(16,17)7(21,22)23. The molecule has 18 heteroatoms. The maximum Gasteiger partial charge on any atom is 0.222 e. The average molecular weight is 2270 g/mol. The minimum Gasteiger partial charge on any atom is -0.205 e. The molecule has 0 aliphatic heterocycles. The molecule has 1 atom stereocenters. The number of hydrogen-bond donors (Lipinski definition) is 0. The zero-order valence-corrected chi connectivity index (χ0v) is 47.5. The quantitative estimate of drug-likeness (QED) is 0.179. The second-order valence-corrected chi connectivity index (χ2v) is 54.5. The third kappa shape index (κ3) is 8.01. The molecule has 0 rings (SSSR count). The summed E-state index contributed by atoms with van der Waals surface area (Å²) >= 11 is 42.3. The lowest BCUT2D eigenvalue weighted by Gasteiger charge is -2.59. The van der Waals surface area contributed by atoms with E-state index in [0.717, 1.165) is 0 Å². The monoisotopic (exact) mass is 2270 g/mol. The van der Waals surface area contributed by atoms with Crippen molar-refractivity contribution in [1.82, 2.24) is 0 Å². The molecule has 0 aromatic heterocycles. The van der Waals surface area contributed by atoms with Crippen LogP contribution >= 0.6 is 384 Å². The highest BCUT2D eigenvalue weighted by atomic mass is 127. The van der Waals surface area contributed by atoms with Crippen molar-refractivity contribution >= 4 is 384 Å². The third-order valence-corrected chi connectivity index (χ3v) is 51.4. The van der Waals surface area contributed by atoms with Crippen LogP contribution in [0.5, 0.6) is 0 Å². The Morgan fingerprint density at radius 1 is 0.346 bits per heavy atom. The molecule has 26 heavy (non-hydrogen) atoms. The average Bonchev–Trinajstić information content (AvgIpc) is 2.32. The van der Waals surface area contributed by atoms with Crippen molar-refractivity contribution in [2.45, 2.75) is 9.62 Å². The molecule has 1 radical (unpaired) electrons. The molecule has 1 unspecified atom stereocenters. The lowest BCUT2D eigenvalue weighted by Crippen LogP contribution is -2.72. The van der Waals surface area contributed by atoms with Gasteiger partial charge >= 0.3 is 0 Å². The van der Waals surface area contributed by atoms with Crippen molar-refractivity contribution in [3.8, 4) is 0 Å². The Balaban J connectivity index is 7.03. The Morgan fingerprint density at radius 2 is 0.615 bits per heavy atom. The predicted octanol–water partition coefficient (Wildman–Crippen LogP) is 13.3. The van der Waals surface area contributed by atoms with E-state index in [1.54, 1.807) is 0 Å². The van der Waals surface area contributed by atoms with Gasteiger partial charge in [0.15, 0.2) is 0 Å². The molecule has 0 fully saturated rings. The van der Waals surface area contributed by atoms with Crippen LogP contribution in [0.2, 0.25) is 0 Å². The summed E-state index contributed by atoms with van der Waals surface area (Å²) in [7, 11) is 0. The van der Waals surface area contributed by atoms with Crippen LogP contribution in [0.3, 0.4) is 0 Å². The molecule has 0 saturated heterocycles. The van der Waals surface area contributed by atoms with Gasteiger partial charge in [-0.3, -0.25) is 0 Å². The molecule has 0 heterocycles. The van der Waals surface area contributed by atoms with E-state index in [-0.39, 0.29) is 4.58 Å². The Kier molecular flexibility index (Phi) is 20.0. The minimum absolute atomic E-state index is 0.0275. The van der Waals surface area contributed by atoms with E-state index >= 15 is 0 Å².